The second-order valence-electron chi connectivity index (χ2n) is 9.03. The molecule has 3 aromatic carbocycles. The quantitative estimate of drug-likeness (QED) is 0.536. The first kappa shape index (κ1) is 19.6. The van der Waals surface area contributed by atoms with Crippen LogP contribution in [0.4, 0.5) is 4.79 Å². The van der Waals surface area contributed by atoms with Crippen LogP contribution in [0.5, 0.6) is 23.0 Å². The fourth-order valence-corrected chi connectivity index (χ4v) is 5.69. The topological polar surface area (TPSA) is 66.5 Å². The lowest BCUT2D eigenvalue weighted by Gasteiger charge is -2.45. The third-order valence-corrected chi connectivity index (χ3v) is 7.24. The average Bonchev–Trinajstić information content (AvgIpc) is 3.55. The number of hydrogen-bond donors (Lipinski definition) is 0. The molecule has 34 heavy (non-hydrogen) atoms. The summed E-state index contributed by atoms with van der Waals surface area (Å²) in [7, 11) is 0. The van der Waals surface area contributed by atoms with E-state index in [0.29, 0.717) is 6.54 Å². The fraction of sp³-hybridized carbons (Fsp3) is 0.296. The number of fused-ring (bicyclic) bond motifs is 8. The molecule has 0 saturated heterocycles. The Hall–Kier alpha value is -3.87. The number of rotatable bonds is 2. The zero-order valence-electron chi connectivity index (χ0n) is 18.5. The summed E-state index contributed by atoms with van der Waals surface area (Å²) in [5.41, 5.74) is 5.47. The van der Waals surface area contributed by atoms with E-state index < -0.39 is 0 Å². The maximum atomic E-state index is 13.6. The first-order chi connectivity index (χ1) is 16.8. The van der Waals surface area contributed by atoms with E-state index in [4.69, 9.17) is 23.7 Å². The summed E-state index contributed by atoms with van der Waals surface area (Å²) < 4.78 is 28.6. The van der Waals surface area contributed by atoms with Crippen LogP contribution in [0.3, 0.4) is 0 Å². The van der Waals surface area contributed by atoms with Crippen molar-refractivity contribution in [2.45, 2.75) is 38.0 Å². The van der Waals surface area contributed by atoms with Crippen LogP contribution in [-0.4, -0.2) is 24.6 Å². The van der Waals surface area contributed by atoms with Crippen molar-refractivity contribution in [1.82, 2.24) is 4.90 Å². The molecule has 0 bridgehead atoms. The summed E-state index contributed by atoms with van der Waals surface area (Å²) in [6.07, 6.45) is 1.46. The van der Waals surface area contributed by atoms with Crippen LogP contribution in [0.2, 0.25) is 0 Å². The summed E-state index contributed by atoms with van der Waals surface area (Å²) >= 11 is 0. The smallest absolute Gasteiger partial charge is 0.410 e. The van der Waals surface area contributed by atoms with Crippen molar-refractivity contribution in [2.75, 3.05) is 13.6 Å². The van der Waals surface area contributed by atoms with E-state index in [9.17, 15) is 4.79 Å². The summed E-state index contributed by atoms with van der Waals surface area (Å²) in [5, 5.41) is 0. The molecule has 7 heteroatoms. The van der Waals surface area contributed by atoms with Gasteiger partial charge in [-0.3, -0.25) is 4.90 Å². The Bertz CT molecular complexity index is 1290. The molecule has 172 valence electrons. The molecule has 0 fully saturated rings. The highest BCUT2D eigenvalue weighted by atomic mass is 16.7. The number of amides is 1. The van der Waals surface area contributed by atoms with Gasteiger partial charge in [-0.25, -0.2) is 4.79 Å². The van der Waals surface area contributed by atoms with Crippen molar-refractivity contribution in [3.8, 4) is 23.0 Å². The molecule has 3 heterocycles. The number of carbonyl (C=O) groups is 1. The number of hydrogen-bond acceptors (Lipinski definition) is 6. The molecular formula is C27H23NO6. The molecular weight excluding hydrogens is 434 g/mol. The van der Waals surface area contributed by atoms with Crippen molar-refractivity contribution in [3.63, 3.8) is 0 Å². The van der Waals surface area contributed by atoms with Gasteiger partial charge < -0.3 is 23.7 Å². The lowest BCUT2D eigenvalue weighted by Crippen LogP contribution is -2.43. The fourth-order valence-electron chi connectivity index (χ4n) is 5.69. The molecule has 7 rings (SSSR count). The minimum absolute atomic E-state index is 0.121. The van der Waals surface area contributed by atoms with Crippen LogP contribution in [0.1, 0.15) is 46.2 Å². The van der Waals surface area contributed by atoms with Gasteiger partial charge in [-0.2, -0.15) is 0 Å². The second kappa shape index (κ2) is 7.58. The van der Waals surface area contributed by atoms with Crippen molar-refractivity contribution < 1.29 is 28.5 Å². The summed E-state index contributed by atoms with van der Waals surface area (Å²) in [5.74, 6) is 3.10. The zero-order valence-corrected chi connectivity index (χ0v) is 18.5. The minimum atomic E-state index is -0.341. The number of ether oxygens (including phenoxy) is 5. The maximum absolute atomic E-state index is 13.6. The van der Waals surface area contributed by atoms with Crippen LogP contribution >= 0.6 is 0 Å². The highest BCUT2D eigenvalue weighted by molar-refractivity contribution is 5.71. The standard InChI is InChI=1S/C27H23NO6/c29-27(30-13-16-4-2-1-3-5-16)28-12-21-18(8-9-22-26(21)34-15-31-22)19-7-6-17-10-23-24(33-14-32-23)11-20(17)25(19)28/h1-5,8-11,19,25H,6-7,12-15H2/t19-,25+/m1/s1. The zero-order chi connectivity index (χ0) is 22.6. The molecule has 7 nitrogen and oxygen atoms in total. The van der Waals surface area contributed by atoms with Gasteiger partial charge in [0.05, 0.1) is 12.6 Å². The van der Waals surface area contributed by atoms with Crippen molar-refractivity contribution in [1.29, 1.82) is 0 Å². The second-order valence-corrected chi connectivity index (χ2v) is 9.03. The molecule has 0 radical (unpaired) electrons. The van der Waals surface area contributed by atoms with E-state index in [1.165, 1.54) is 11.1 Å². The van der Waals surface area contributed by atoms with Gasteiger partial charge in [-0.05, 0) is 53.3 Å². The lowest BCUT2D eigenvalue weighted by molar-refractivity contribution is 0.0617. The van der Waals surface area contributed by atoms with Gasteiger partial charge in [0, 0.05) is 11.5 Å². The maximum Gasteiger partial charge on any atom is 0.410 e. The first-order valence-corrected chi connectivity index (χ1v) is 11.6. The molecule has 1 amide bonds. The lowest BCUT2D eigenvalue weighted by atomic mass is 9.72. The Morgan fingerprint density at radius 3 is 2.59 bits per heavy atom. The van der Waals surface area contributed by atoms with Gasteiger partial charge in [0.2, 0.25) is 13.6 Å². The Kier molecular flexibility index (Phi) is 4.37. The molecule has 3 aromatic rings. The van der Waals surface area contributed by atoms with Gasteiger partial charge >= 0.3 is 6.09 Å². The highest BCUT2D eigenvalue weighted by Crippen LogP contribution is 2.54. The number of nitrogens with zero attached hydrogens (tertiary/aromatic N) is 1. The van der Waals surface area contributed by atoms with Crippen molar-refractivity contribution >= 4 is 6.09 Å². The van der Waals surface area contributed by atoms with Crippen LogP contribution in [0, 0.1) is 0 Å². The molecule has 1 aliphatic carbocycles. The first-order valence-electron chi connectivity index (χ1n) is 11.6. The van der Waals surface area contributed by atoms with Gasteiger partial charge in [-0.1, -0.05) is 36.4 Å². The number of aryl methyl sites for hydroxylation is 1. The molecule has 0 aromatic heterocycles. The van der Waals surface area contributed by atoms with Crippen LogP contribution in [-0.2, 0) is 24.3 Å². The Morgan fingerprint density at radius 1 is 0.912 bits per heavy atom. The summed E-state index contributed by atoms with van der Waals surface area (Å²) in [6, 6.07) is 17.8. The summed E-state index contributed by atoms with van der Waals surface area (Å²) in [6.45, 7) is 1.04. The van der Waals surface area contributed by atoms with Crippen LogP contribution < -0.4 is 18.9 Å². The van der Waals surface area contributed by atoms with Gasteiger partial charge in [-0.15, -0.1) is 0 Å². The van der Waals surface area contributed by atoms with Crippen molar-refractivity contribution in [3.05, 3.63) is 82.4 Å². The molecule has 0 unspecified atom stereocenters. The Morgan fingerprint density at radius 2 is 1.71 bits per heavy atom. The molecule has 0 saturated carbocycles. The van der Waals surface area contributed by atoms with E-state index in [2.05, 4.69) is 12.1 Å². The minimum Gasteiger partial charge on any atom is -0.454 e. The third kappa shape index (κ3) is 3.00. The van der Waals surface area contributed by atoms with E-state index in [0.717, 1.165) is 52.5 Å². The largest absolute Gasteiger partial charge is 0.454 e. The van der Waals surface area contributed by atoms with E-state index in [1.54, 1.807) is 0 Å². The van der Waals surface area contributed by atoms with Crippen LogP contribution in [0.25, 0.3) is 0 Å². The monoisotopic (exact) mass is 457 g/mol. The molecule has 0 spiro atoms. The highest BCUT2D eigenvalue weighted by Gasteiger charge is 2.45. The van der Waals surface area contributed by atoms with Gasteiger partial charge in [0.25, 0.3) is 0 Å². The third-order valence-electron chi connectivity index (χ3n) is 7.24. The Labute approximate surface area is 196 Å². The van der Waals surface area contributed by atoms with Gasteiger partial charge in [0.1, 0.15) is 6.61 Å². The Balaban J connectivity index is 1.30. The van der Waals surface area contributed by atoms with E-state index in [1.807, 2.05) is 47.4 Å². The van der Waals surface area contributed by atoms with Crippen LogP contribution in [0.15, 0.2) is 54.6 Å². The molecule has 4 aliphatic rings. The molecule has 0 N–H and O–H groups in total. The normalized spacial score (nSPS) is 20.9. The predicted molar refractivity (Wildman–Crippen MR) is 121 cm³/mol. The summed E-state index contributed by atoms with van der Waals surface area (Å²) in [4.78, 5) is 15.4. The van der Waals surface area contributed by atoms with E-state index in [-0.39, 0.29) is 38.2 Å². The average molecular weight is 457 g/mol. The van der Waals surface area contributed by atoms with Crippen molar-refractivity contribution in [2.24, 2.45) is 0 Å². The molecule has 2 atom stereocenters. The molecule has 3 aliphatic heterocycles. The number of benzene rings is 3. The van der Waals surface area contributed by atoms with Gasteiger partial charge in [0.15, 0.2) is 23.0 Å². The predicted octanol–water partition coefficient (Wildman–Crippen LogP) is 5.07. The SMILES string of the molecule is O=C(OCc1ccccc1)N1Cc2c(ccc3c2OCO3)[C@H]2CCc3cc4c(cc3[C@H]21)OCO4. The number of carbonyl (C=O) groups excluding carboxylic acids is 1. The van der Waals surface area contributed by atoms with E-state index >= 15 is 0 Å².